The number of nitrogens with zero attached hydrogens (tertiary/aromatic N) is 2. The molecule has 0 aromatic heterocycles. The Morgan fingerprint density at radius 1 is 1.24 bits per heavy atom. The molecule has 2 aromatic carbocycles. The van der Waals surface area contributed by atoms with Gasteiger partial charge in [-0.25, -0.2) is 8.78 Å². The zero-order valence-corrected chi connectivity index (χ0v) is 14.3. The molecule has 0 amide bonds. The van der Waals surface area contributed by atoms with Crippen molar-refractivity contribution in [2.75, 3.05) is 26.0 Å². The van der Waals surface area contributed by atoms with Crippen LogP contribution in [0.2, 0.25) is 0 Å². The van der Waals surface area contributed by atoms with Gasteiger partial charge in [-0.05, 0) is 51.4 Å². The molecule has 1 N–H and O–H groups in total. The molecular formula is C19H19F2N3O. The van der Waals surface area contributed by atoms with Crippen LogP contribution in [0.25, 0.3) is 0 Å². The maximum absolute atomic E-state index is 14.1. The van der Waals surface area contributed by atoms with E-state index in [9.17, 15) is 18.8 Å². The fourth-order valence-corrected chi connectivity index (χ4v) is 2.59. The first-order valence-electron chi connectivity index (χ1n) is 7.74. The molecule has 0 aliphatic rings. The molecule has 25 heavy (non-hydrogen) atoms. The first-order valence-corrected chi connectivity index (χ1v) is 7.74. The Morgan fingerprint density at radius 2 is 1.88 bits per heavy atom. The van der Waals surface area contributed by atoms with Crippen LogP contribution < -0.4 is 5.32 Å². The summed E-state index contributed by atoms with van der Waals surface area (Å²) in [5.41, 5.74) is 1.23. The van der Waals surface area contributed by atoms with E-state index in [1.165, 1.54) is 25.1 Å². The van der Waals surface area contributed by atoms with E-state index in [-0.39, 0.29) is 17.9 Å². The van der Waals surface area contributed by atoms with Gasteiger partial charge in [-0.3, -0.25) is 4.79 Å². The monoisotopic (exact) mass is 343 g/mol. The molecule has 1 atom stereocenters. The van der Waals surface area contributed by atoms with Gasteiger partial charge >= 0.3 is 0 Å². The van der Waals surface area contributed by atoms with E-state index >= 15 is 0 Å². The number of hydrogen-bond donors (Lipinski definition) is 1. The average molecular weight is 343 g/mol. The Bertz CT molecular complexity index is 808. The molecule has 0 radical (unpaired) electrons. The summed E-state index contributed by atoms with van der Waals surface area (Å²) >= 11 is 0. The van der Waals surface area contributed by atoms with Crippen molar-refractivity contribution in [2.45, 2.75) is 13.0 Å². The maximum atomic E-state index is 14.1. The summed E-state index contributed by atoms with van der Waals surface area (Å²) in [7, 11) is 3.44. The lowest BCUT2D eigenvalue weighted by Gasteiger charge is -2.26. The van der Waals surface area contributed by atoms with Crippen LogP contribution in [0, 0.1) is 23.0 Å². The van der Waals surface area contributed by atoms with E-state index in [2.05, 4.69) is 5.32 Å². The van der Waals surface area contributed by atoms with Crippen LogP contribution in [0.1, 0.15) is 34.5 Å². The molecule has 1 unspecified atom stereocenters. The molecule has 2 rings (SSSR count). The highest BCUT2D eigenvalue weighted by Gasteiger charge is 2.22. The van der Waals surface area contributed by atoms with Crippen molar-refractivity contribution in [2.24, 2.45) is 0 Å². The fourth-order valence-electron chi connectivity index (χ4n) is 2.59. The van der Waals surface area contributed by atoms with Crippen LogP contribution in [0.4, 0.5) is 14.5 Å². The third-order valence-electron chi connectivity index (χ3n) is 3.99. The largest absolute Gasteiger partial charge is 0.382 e. The molecule has 0 bridgehead atoms. The second kappa shape index (κ2) is 7.86. The van der Waals surface area contributed by atoms with Gasteiger partial charge in [-0.2, -0.15) is 5.26 Å². The Hall–Kier alpha value is -2.78. The lowest BCUT2D eigenvalue weighted by molar-refractivity contribution is 0.101. The molecule has 6 heteroatoms. The Kier molecular flexibility index (Phi) is 5.84. The van der Waals surface area contributed by atoms with E-state index in [0.717, 1.165) is 0 Å². The van der Waals surface area contributed by atoms with Crippen molar-refractivity contribution in [3.05, 3.63) is 64.7 Å². The van der Waals surface area contributed by atoms with Crippen molar-refractivity contribution in [3.8, 4) is 6.07 Å². The minimum Gasteiger partial charge on any atom is -0.382 e. The fraction of sp³-hybridized carbons (Fsp3) is 0.263. The van der Waals surface area contributed by atoms with Crippen LogP contribution >= 0.6 is 0 Å². The van der Waals surface area contributed by atoms with E-state index in [1.807, 2.05) is 6.07 Å². The number of nitrogens with one attached hydrogen (secondary N) is 1. The highest BCUT2D eigenvalue weighted by atomic mass is 19.1. The van der Waals surface area contributed by atoms with Gasteiger partial charge in [0.25, 0.3) is 0 Å². The predicted octanol–water partition coefficient (Wildman–Crippen LogP) is 3.75. The van der Waals surface area contributed by atoms with Crippen LogP contribution in [0.5, 0.6) is 0 Å². The SMILES string of the molecule is CC(=O)c1ccc(C#N)c(NCC(c2c(F)cccc2F)N(C)C)c1. The lowest BCUT2D eigenvalue weighted by atomic mass is 10.0. The van der Waals surface area contributed by atoms with E-state index in [0.29, 0.717) is 16.8 Å². The number of likely N-dealkylation sites (N-methyl/N-ethyl adjacent to an activating group) is 1. The number of ketones is 1. The normalized spacial score (nSPS) is 11.9. The number of nitriles is 1. The highest BCUT2D eigenvalue weighted by Crippen LogP contribution is 2.26. The van der Waals surface area contributed by atoms with Crippen LogP contribution in [-0.2, 0) is 0 Å². The number of halogens is 2. The standard InChI is InChI=1S/C19H19F2N3O/c1-12(25)13-7-8-14(10-22)17(9-13)23-11-18(24(2)3)19-15(20)5-4-6-16(19)21/h4-9,18,23H,11H2,1-3H3. The Balaban J connectivity index is 2.33. The molecule has 0 heterocycles. The number of carbonyl (C=O) groups is 1. The molecule has 0 saturated carbocycles. The molecule has 0 fully saturated rings. The molecule has 130 valence electrons. The lowest BCUT2D eigenvalue weighted by Crippen LogP contribution is -2.28. The van der Waals surface area contributed by atoms with Crippen molar-refractivity contribution in [1.29, 1.82) is 5.26 Å². The quantitative estimate of drug-likeness (QED) is 0.812. The summed E-state index contributed by atoms with van der Waals surface area (Å²) in [6.45, 7) is 1.60. The van der Waals surface area contributed by atoms with Gasteiger partial charge in [-0.1, -0.05) is 6.07 Å². The van der Waals surface area contributed by atoms with Gasteiger partial charge < -0.3 is 10.2 Å². The minimum atomic E-state index is -0.626. The molecular weight excluding hydrogens is 324 g/mol. The Labute approximate surface area is 145 Å². The van der Waals surface area contributed by atoms with Gasteiger partial charge in [0.1, 0.15) is 17.7 Å². The van der Waals surface area contributed by atoms with Gasteiger partial charge in [0.2, 0.25) is 0 Å². The highest BCUT2D eigenvalue weighted by molar-refractivity contribution is 5.95. The van der Waals surface area contributed by atoms with Crippen LogP contribution in [0.3, 0.4) is 0 Å². The van der Waals surface area contributed by atoms with Gasteiger partial charge in [0, 0.05) is 17.7 Å². The number of anilines is 1. The first-order chi connectivity index (χ1) is 11.8. The molecule has 0 aliphatic carbocycles. The molecule has 0 spiro atoms. The van der Waals surface area contributed by atoms with Gasteiger partial charge in [0.15, 0.2) is 5.78 Å². The zero-order chi connectivity index (χ0) is 18.6. The number of hydrogen-bond acceptors (Lipinski definition) is 4. The summed E-state index contributed by atoms with van der Waals surface area (Å²) in [4.78, 5) is 13.2. The minimum absolute atomic E-state index is 0.0405. The number of Topliss-reactive ketones (excluding diaryl/α,β-unsaturated/α-hetero) is 1. The van der Waals surface area contributed by atoms with Crippen molar-refractivity contribution >= 4 is 11.5 Å². The number of rotatable bonds is 6. The average Bonchev–Trinajstić information content (AvgIpc) is 2.56. The summed E-state index contributed by atoms with van der Waals surface area (Å²) in [6, 6.07) is 9.90. The first kappa shape index (κ1) is 18.6. The predicted molar refractivity (Wildman–Crippen MR) is 92.4 cm³/mol. The van der Waals surface area contributed by atoms with E-state index in [1.54, 1.807) is 37.2 Å². The second-order valence-electron chi connectivity index (χ2n) is 5.92. The Morgan fingerprint density at radius 3 is 2.40 bits per heavy atom. The number of benzene rings is 2. The molecule has 0 saturated heterocycles. The smallest absolute Gasteiger partial charge is 0.159 e. The summed E-state index contributed by atoms with van der Waals surface area (Å²) in [6.07, 6.45) is 0. The van der Waals surface area contributed by atoms with Crippen LogP contribution in [0.15, 0.2) is 36.4 Å². The second-order valence-corrected chi connectivity index (χ2v) is 5.92. The summed E-state index contributed by atoms with van der Waals surface area (Å²) in [5.74, 6) is -1.38. The summed E-state index contributed by atoms with van der Waals surface area (Å²) < 4.78 is 28.2. The number of carbonyl (C=O) groups excluding carboxylic acids is 1. The van der Waals surface area contributed by atoms with Gasteiger partial charge in [0.05, 0.1) is 17.3 Å². The van der Waals surface area contributed by atoms with E-state index < -0.39 is 17.7 Å². The van der Waals surface area contributed by atoms with Crippen molar-refractivity contribution in [3.63, 3.8) is 0 Å². The van der Waals surface area contributed by atoms with Crippen LogP contribution in [-0.4, -0.2) is 31.3 Å². The molecule has 4 nitrogen and oxygen atoms in total. The molecule has 0 aliphatic heterocycles. The van der Waals surface area contributed by atoms with Gasteiger partial charge in [-0.15, -0.1) is 0 Å². The maximum Gasteiger partial charge on any atom is 0.159 e. The topological polar surface area (TPSA) is 56.1 Å². The van der Waals surface area contributed by atoms with Crippen molar-refractivity contribution < 1.29 is 13.6 Å². The third kappa shape index (κ3) is 4.20. The molecule has 2 aromatic rings. The zero-order valence-electron chi connectivity index (χ0n) is 14.3. The summed E-state index contributed by atoms with van der Waals surface area (Å²) in [5, 5.41) is 12.3. The van der Waals surface area contributed by atoms with E-state index in [4.69, 9.17) is 0 Å². The van der Waals surface area contributed by atoms with Crippen molar-refractivity contribution in [1.82, 2.24) is 4.90 Å². The third-order valence-corrected chi connectivity index (χ3v) is 3.99.